The van der Waals surface area contributed by atoms with E-state index in [0.717, 1.165) is 21.0 Å². The Labute approximate surface area is 115 Å². The number of fused-ring (bicyclic) bond motifs is 1. The summed E-state index contributed by atoms with van der Waals surface area (Å²) in [5, 5.41) is 14.1. The van der Waals surface area contributed by atoms with E-state index in [0.29, 0.717) is 12.3 Å². The number of aliphatic hydroxyl groups is 1. The van der Waals surface area contributed by atoms with E-state index in [1.165, 1.54) is 0 Å². The normalized spacial score (nSPS) is 14.6. The van der Waals surface area contributed by atoms with E-state index < -0.39 is 5.60 Å². The molecule has 0 bridgehead atoms. The number of hydrogen-bond acceptors (Lipinski definition) is 6. The third kappa shape index (κ3) is 3.28. The zero-order valence-electron chi connectivity index (χ0n) is 10.4. The maximum Gasteiger partial charge on any atom is 0.183 e. The molecule has 18 heavy (non-hydrogen) atoms. The molecule has 4 nitrogen and oxygen atoms in total. The van der Waals surface area contributed by atoms with Crippen LogP contribution in [0.15, 0.2) is 18.2 Å². The molecule has 4 N–H and O–H groups in total. The van der Waals surface area contributed by atoms with Crippen molar-refractivity contribution in [3.63, 3.8) is 0 Å². The Bertz CT molecular complexity index is 539. The zero-order valence-corrected chi connectivity index (χ0v) is 12.1. The number of nitrogens with two attached hydrogens (primary N) is 1. The van der Waals surface area contributed by atoms with Crippen LogP contribution in [-0.4, -0.2) is 34.2 Å². The fraction of sp³-hybridized carbons (Fsp3) is 0.417. The number of thioether (sulfide) groups is 1. The molecular formula is C12H17N3OS2. The van der Waals surface area contributed by atoms with E-state index in [1.807, 2.05) is 31.4 Å². The topological polar surface area (TPSA) is 71.2 Å². The van der Waals surface area contributed by atoms with Gasteiger partial charge in [0.15, 0.2) is 5.13 Å². The molecular weight excluding hydrogens is 266 g/mol. The van der Waals surface area contributed by atoms with Crippen molar-refractivity contribution in [2.24, 2.45) is 0 Å². The molecule has 0 aliphatic carbocycles. The van der Waals surface area contributed by atoms with Crippen molar-refractivity contribution in [3.8, 4) is 0 Å². The van der Waals surface area contributed by atoms with Crippen LogP contribution in [0.4, 0.5) is 10.8 Å². The summed E-state index contributed by atoms with van der Waals surface area (Å²) in [5.41, 5.74) is 6.68. The monoisotopic (exact) mass is 283 g/mol. The summed E-state index contributed by atoms with van der Waals surface area (Å²) in [6, 6.07) is 5.67. The van der Waals surface area contributed by atoms with E-state index in [4.69, 9.17) is 5.73 Å². The third-order valence-corrected chi connectivity index (χ3v) is 4.37. The second-order valence-electron chi connectivity index (χ2n) is 4.53. The van der Waals surface area contributed by atoms with Gasteiger partial charge in [0, 0.05) is 18.0 Å². The minimum absolute atomic E-state index is 0.489. The largest absolute Gasteiger partial charge is 0.399 e. The molecule has 0 radical (unpaired) electrons. The minimum atomic E-state index is -0.726. The van der Waals surface area contributed by atoms with Gasteiger partial charge in [0.1, 0.15) is 0 Å². The van der Waals surface area contributed by atoms with Gasteiger partial charge < -0.3 is 16.2 Å². The molecule has 1 aromatic heterocycles. The number of nitrogens with one attached hydrogen (secondary N) is 1. The highest BCUT2D eigenvalue weighted by molar-refractivity contribution is 7.98. The molecule has 0 spiro atoms. The van der Waals surface area contributed by atoms with Crippen molar-refractivity contribution >= 4 is 44.1 Å². The summed E-state index contributed by atoms with van der Waals surface area (Å²) in [5.74, 6) is 0.692. The van der Waals surface area contributed by atoms with E-state index in [-0.39, 0.29) is 0 Å². The third-order valence-electron chi connectivity index (χ3n) is 2.49. The smallest absolute Gasteiger partial charge is 0.183 e. The summed E-state index contributed by atoms with van der Waals surface area (Å²) in [4.78, 5) is 4.45. The number of rotatable bonds is 5. The molecule has 0 saturated heterocycles. The molecule has 1 atom stereocenters. The second-order valence-corrected chi connectivity index (χ2v) is 6.43. The number of anilines is 2. The molecule has 0 fully saturated rings. The molecule has 2 rings (SSSR count). The van der Waals surface area contributed by atoms with Gasteiger partial charge in [0.2, 0.25) is 0 Å². The van der Waals surface area contributed by atoms with Gasteiger partial charge in [-0.3, -0.25) is 0 Å². The number of aromatic nitrogens is 1. The average molecular weight is 283 g/mol. The first-order valence-electron chi connectivity index (χ1n) is 5.61. The van der Waals surface area contributed by atoms with Gasteiger partial charge in [-0.25, -0.2) is 4.98 Å². The fourth-order valence-electron chi connectivity index (χ4n) is 1.64. The highest BCUT2D eigenvalue weighted by atomic mass is 32.2. The predicted octanol–water partition coefficient (Wildman–Crippen LogP) is 2.40. The maximum absolute atomic E-state index is 10.1. The standard InChI is InChI=1S/C12H17N3OS2/c1-12(16,7-17-2)6-14-11-15-9-4-3-8(13)5-10(9)18-11/h3-5,16H,6-7,13H2,1-2H3,(H,14,15). The van der Waals surface area contributed by atoms with Crippen LogP contribution in [-0.2, 0) is 0 Å². The molecule has 1 aromatic carbocycles. The van der Waals surface area contributed by atoms with Crippen molar-refractivity contribution in [3.05, 3.63) is 18.2 Å². The van der Waals surface area contributed by atoms with Gasteiger partial charge in [-0.05, 0) is 31.4 Å². The quantitative estimate of drug-likeness (QED) is 0.735. The Morgan fingerprint density at radius 1 is 1.56 bits per heavy atom. The minimum Gasteiger partial charge on any atom is -0.399 e. The molecule has 0 aliphatic rings. The summed E-state index contributed by atoms with van der Waals surface area (Å²) in [6.45, 7) is 2.31. The average Bonchev–Trinajstić information content (AvgIpc) is 2.68. The van der Waals surface area contributed by atoms with Crippen LogP contribution in [0.2, 0.25) is 0 Å². The Morgan fingerprint density at radius 2 is 2.33 bits per heavy atom. The molecule has 0 amide bonds. The van der Waals surface area contributed by atoms with Gasteiger partial charge in [-0.15, -0.1) is 0 Å². The van der Waals surface area contributed by atoms with Gasteiger partial charge >= 0.3 is 0 Å². The Hall–Kier alpha value is -0.980. The number of nitrogen functional groups attached to an aromatic ring is 1. The van der Waals surface area contributed by atoms with Crippen molar-refractivity contribution in [2.75, 3.05) is 29.6 Å². The number of benzene rings is 1. The Morgan fingerprint density at radius 3 is 3.06 bits per heavy atom. The first-order chi connectivity index (χ1) is 8.50. The summed E-state index contributed by atoms with van der Waals surface area (Å²) < 4.78 is 1.06. The Balaban J connectivity index is 2.08. The van der Waals surface area contributed by atoms with Crippen LogP contribution in [0.25, 0.3) is 10.2 Å². The SMILES string of the molecule is CSCC(C)(O)CNc1nc2ccc(N)cc2s1. The first kappa shape index (κ1) is 13.5. The second kappa shape index (κ2) is 5.34. The fourth-order valence-corrected chi connectivity index (χ4v) is 3.28. The van der Waals surface area contributed by atoms with Crippen LogP contribution in [0.1, 0.15) is 6.92 Å². The molecule has 0 aliphatic heterocycles. The lowest BCUT2D eigenvalue weighted by Crippen LogP contribution is -2.35. The van der Waals surface area contributed by atoms with Crippen LogP contribution >= 0.6 is 23.1 Å². The predicted molar refractivity (Wildman–Crippen MR) is 81.5 cm³/mol. The summed E-state index contributed by atoms with van der Waals surface area (Å²) >= 11 is 3.18. The maximum atomic E-state index is 10.1. The number of nitrogens with zero attached hydrogens (tertiary/aromatic N) is 1. The summed E-state index contributed by atoms with van der Waals surface area (Å²) in [7, 11) is 0. The Kier molecular flexibility index (Phi) is 3.99. The van der Waals surface area contributed by atoms with Crippen LogP contribution < -0.4 is 11.1 Å². The molecule has 6 heteroatoms. The van der Waals surface area contributed by atoms with Gasteiger partial charge in [0.25, 0.3) is 0 Å². The lowest BCUT2D eigenvalue weighted by molar-refractivity contribution is 0.0997. The molecule has 98 valence electrons. The number of thiazole rings is 1. The van der Waals surface area contributed by atoms with E-state index >= 15 is 0 Å². The van der Waals surface area contributed by atoms with Crippen molar-refractivity contribution < 1.29 is 5.11 Å². The lowest BCUT2D eigenvalue weighted by atomic mass is 10.1. The van der Waals surface area contributed by atoms with Crippen molar-refractivity contribution in [1.29, 1.82) is 0 Å². The zero-order chi connectivity index (χ0) is 13.2. The summed E-state index contributed by atoms with van der Waals surface area (Å²) in [6.07, 6.45) is 1.98. The van der Waals surface area contributed by atoms with Crippen LogP contribution in [0.3, 0.4) is 0 Å². The van der Waals surface area contributed by atoms with Gasteiger partial charge in [0.05, 0.1) is 15.8 Å². The van der Waals surface area contributed by atoms with Crippen LogP contribution in [0.5, 0.6) is 0 Å². The van der Waals surface area contributed by atoms with E-state index in [2.05, 4.69) is 10.3 Å². The highest BCUT2D eigenvalue weighted by Gasteiger charge is 2.19. The molecule has 1 unspecified atom stereocenters. The van der Waals surface area contributed by atoms with Crippen molar-refractivity contribution in [1.82, 2.24) is 4.98 Å². The lowest BCUT2D eigenvalue weighted by Gasteiger charge is -2.22. The van der Waals surface area contributed by atoms with Gasteiger partial charge in [-0.2, -0.15) is 11.8 Å². The molecule has 2 aromatic rings. The van der Waals surface area contributed by atoms with E-state index in [9.17, 15) is 5.11 Å². The highest BCUT2D eigenvalue weighted by Crippen LogP contribution is 2.27. The first-order valence-corrected chi connectivity index (χ1v) is 7.82. The van der Waals surface area contributed by atoms with Crippen molar-refractivity contribution in [2.45, 2.75) is 12.5 Å². The molecule has 0 saturated carbocycles. The molecule has 1 heterocycles. The number of hydrogen-bond donors (Lipinski definition) is 3. The van der Waals surface area contributed by atoms with Gasteiger partial charge in [-0.1, -0.05) is 11.3 Å². The van der Waals surface area contributed by atoms with E-state index in [1.54, 1.807) is 23.1 Å². The van der Waals surface area contributed by atoms with Crippen LogP contribution in [0, 0.1) is 0 Å².